The van der Waals surface area contributed by atoms with E-state index in [0.717, 1.165) is 30.9 Å². The van der Waals surface area contributed by atoms with Crippen LogP contribution in [0.25, 0.3) is 0 Å². The average Bonchev–Trinajstić information content (AvgIpc) is 2.78. The van der Waals surface area contributed by atoms with Gasteiger partial charge >= 0.3 is 0 Å². The lowest BCUT2D eigenvalue weighted by atomic mass is 10.2. The van der Waals surface area contributed by atoms with Gasteiger partial charge in [-0.05, 0) is 36.8 Å². The average molecular weight is 346 g/mol. The summed E-state index contributed by atoms with van der Waals surface area (Å²) in [7, 11) is 1.57. The van der Waals surface area contributed by atoms with E-state index in [1.54, 1.807) is 25.3 Å². The molecule has 126 valence electrons. The number of hydrogen-bond donors (Lipinski definition) is 2. The first-order valence-corrected chi connectivity index (χ1v) is 8.26. The predicted molar refractivity (Wildman–Crippen MR) is 98.4 cm³/mol. The Morgan fingerprint density at radius 1 is 1.33 bits per heavy atom. The third-order valence-electron chi connectivity index (χ3n) is 3.94. The molecular weight excluding hydrogens is 326 g/mol. The summed E-state index contributed by atoms with van der Waals surface area (Å²) in [5.41, 5.74) is 2.68. The van der Waals surface area contributed by atoms with E-state index in [-0.39, 0.29) is 12.5 Å². The molecule has 24 heavy (non-hydrogen) atoms. The van der Waals surface area contributed by atoms with E-state index in [4.69, 9.17) is 16.3 Å². The quantitative estimate of drug-likeness (QED) is 0.888. The number of carbonyl (C=O) groups is 1. The highest BCUT2D eigenvalue weighted by molar-refractivity contribution is 6.31. The Morgan fingerprint density at radius 2 is 2.17 bits per heavy atom. The van der Waals surface area contributed by atoms with Crippen molar-refractivity contribution in [3.63, 3.8) is 0 Å². The number of amides is 1. The highest BCUT2D eigenvalue weighted by Gasteiger charge is 2.18. The molecule has 0 radical (unpaired) electrons. The molecule has 0 bridgehead atoms. The monoisotopic (exact) mass is 345 g/mol. The van der Waals surface area contributed by atoms with Crippen LogP contribution in [0, 0.1) is 0 Å². The second-order valence-corrected chi connectivity index (χ2v) is 6.05. The van der Waals surface area contributed by atoms with Crippen LogP contribution in [0.2, 0.25) is 5.02 Å². The number of nitrogens with one attached hydrogen (secondary N) is 2. The Labute approximate surface area is 146 Å². The summed E-state index contributed by atoms with van der Waals surface area (Å²) in [5.74, 6) is 0.484. The number of rotatable bonds is 4. The minimum atomic E-state index is -0.104. The predicted octanol–water partition coefficient (Wildman–Crippen LogP) is 3.61. The largest absolute Gasteiger partial charge is 0.495 e. The third-order valence-corrected chi connectivity index (χ3v) is 4.17. The van der Waals surface area contributed by atoms with Gasteiger partial charge in [0.05, 0.1) is 30.7 Å². The van der Waals surface area contributed by atoms with E-state index < -0.39 is 0 Å². The van der Waals surface area contributed by atoms with Crippen molar-refractivity contribution in [2.45, 2.75) is 6.42 Å². The van der Waals surface area contributed by atoms with Crippen molar-refractivity contribution < 1.29 is 9.53 Å². The van der Waals surface area contributed by atoms with Crippen LogP contribution >= 0.6 is 11.6 Å². The van der Waals surface area contributed by atoms with Crippen LogP contribution in [-0.2, 0) is 4.79 Å². The van der Waals surface area contributed by atoms with E-state index in [0.29, 0.717) is 16.5 Å². The number of benzene rings is 2. The maximum Gasteiger partial charge on any atom is 0.243 e. The van der Waals surface area contributed by atoms with Crippen LogP contribution < -0.4 is 20.3 Å². The number of halogens is 1. The normalized spacial score (nSPS) is 13.5. The van der Waals surface area contributed by atoms with Gasteiger partial charge < -0.3 is 20.3 Å². The molecule has 0 atom stereocenters. The Bertz CT molecular complexity index is 736. The maximum absolute atomic E-state index is 12.5. The zero-order valence-corrected chi connectivity index (χ0v) is 14.3. The summed E-state index contributed by atoms with van der Waals surface area (Å²) < 4.78 is 5.27. The molecule has 3 rings (SSSR count). The molecule has 0 saturated carbocycles. The minimum absolute atomic E-state index is 0.104. The van der Waals surface area contributed by atoms with Crippen molar-refractivity contribution in [3.8, 4) is 5.75 Å². The summed E-state index contributed by atoms with van der Waals surface area (Å²) in [6, 6.07) is 13.2. The summed E-state index contributed by atoms with van der Waals surface area (Å²) in [6.07, 6.45) is 0.975. The molecule has 0 unspecified atom stereocenters. The van der Waals surface area contributed by atoms with Gasteiger partial charge in [0, 0.05) is 18.1 Å². The molecule has 0 fully saturated rings. The molecule has 2 N–H and O–H groups in total. The van der Waals surface area contributed by atoms with Crippen molar-refractivity contribution in [1.82, 2.24) is 0 Å². The summed E-state index contributed by atoms with van der Waals surface area (Å²) >= 11 is 6.01. The Kier molecular flexibility index (Phi) is 5.11. The topological polar surface area (TPSA) is 53.6 Å². The lowest BCUT2D eigenvalue weighted by Crippen LogP contribution is -2.33. The van der Waals surface area contributed by atoms with E-state index in [1.807, 2.05) is 24.3 Å². The molecule has 2 aromatic carbocycles. The van der Waals surface area contributed by atoms with Crippen molar-refractivity contribution in [2.24, 2.45) is 0 Å². The fourth-order valence-corrected chi connectivity index (χ4v) is 2.99. The van der Waals surface area contributed by atoms with Crippen molar-refractivity contribution in [3.05, 3.63) is 47.5 Å². The lowest BCUT2D eigenvalue weighted by molar-refractivity contribution is -0.115. The van der Waals surface area contributed by atoms with Crippen LogP contribution in [0.4, 0.5) is 17.1 Å². The first-order valence-electron chi connectivity index (χ1n) is 7.88. The van der Waals surface area contributed by atoms with Crippen LogP contribution in [0.1, 0.15) is 6.42 Å². The van der Waals surface area contributed by atoms with Gasteiger partial charge in [0.25, 0.3) is 0 Å². The van der Waals surface area contributed by atoms with E-state index in [9.17, 15) is 4.79 Å². The number of anilines is 3. The molecule has 0 saturated heterocycles. The zero-order chi connectivity index (χ0) is 16.9. The zero-order valence-electron chi connectivity index (χ0n) is 13.5. The van der Waals surface area contributed by atoms with Crippen molar-refractivity contribution >= 4 is 34.6 Å². The van der Waals surface area contributed by atoms with Gasteiger partial charge in [-0.2, -0.15) is 0 Å². The Morgan fingerprint density at radius 3 is 3.00 bits per heavy atom. The second-order valence-electron chi connectivity index (χ2n) is 5.61. The minimum Gasteiger partial charge on any atom is -0.495 e. The summed E-state index contributed by atoms with van der Waals surface area (Å²) in [5, 5.41) is 6.83. The highest BCUT2D eigenvalue weighted by atomic mass is 35.5. The molecule has 5 nitrogen and oxygen atoms in total. The van der Waals surface area contributed by atoms with Crippen LogP contribution in [0.15, 0.2) is 42.5 Å². The van der Waals surface area contributed by atoms with Gasteiger partial charge in [0.2, 0.25) is 5.91 Å². The molecule has 1 aliphatic rings. The highest BCUT2D eigenvalue weighted by Crippen LogP contribution is 2.29. The van der Waals surface area contributed by atoms with Gasteiger partial charge in [-0.15, -0.1) is 0 Å². The molecule has 1 heterocycles. The SMILES string of the molecule is COc1ccc(Cl)cc1NC(=O)CN1CCCNc2ccccc21. The molecular formula is C18H20ClN3O2. The molecule has 0 aromatic heterocycles. The fraction of sp³-hybridized carbons (Fsp3) is 0.278. The molecule has 0 aliphatic carbocycles. The van der Waals surface area contributed by atoms with Crippen molar-refractivity contribution in [2.75, 3.05) is 42.3 Å². The number of para-hydroxylation sites is 2. The molecule has 1 amide bonds. The van der Waals surface area contributed by atoms with Crippen molar-refractivity contribution in [1.29, 1.82) is 0 Å². The van der Waals surface area contributed by atoms with Crippen LogP contribution in [0.5, 0.6) is 5.75 Å². The molecule has 1 aliphatic heterocycles. The number of fused-ring (bicyclic) bond motifs is 1. The molecule has 6 heteroatoms. The third kappa shape index (κ3) is 3.74. The smallest absolute Gasteiger partial charge is 0.243 e. The second kappa shape index (κ2) is 7.45. The first kappa shape index (κ1) is 16.5. The van der Waals surface area contributed by atoms with Gasteiger partial charge in [0.1, 0.15) is 5.75 Å². The summed E-state index contributed by atoms with van der Waals surface area (Å²) in [4.78, 5) is 14.6. The van der Waals surface area contributed by atoms with E-state index in [2.05, 4.69) is 15.5 Å². The van der Waals surface area contributed by atoms with Gasteiger partial charge in [-0.3, -0.25) is 4.79 Å². The van der Waals surface area contributed by atoms with Crippen LogP contribution in [0.3, 0.4) is 0 Å². The lowest BCUT2D eigenvalue weighted by Gasteiger charge is -2.24. The number of hydrogen-bond acceptors (Lipinski definition) is 4. The number of nitrogens with zero attached hydrogens (tertiary/aromatic N) is 1. The first-order chi connectivity index (χ1) is 11.7. The molecule has 0 spiro atoms. The number of methoxy groups -OCH3 is 1. The number of carbonyl (C=O) groups excluding carboxylic acids is 1. The van der Waals surface area contributed by atoms with E-state index >= 15 is 0 Å². The standard InChI is InChI=1S/C18H20ClN3O2/c1-24-17-8-7-13(19)11-15(17)21-18(23)12-22-10-4-9-20-14-5-2-3-6-16(14)22/h2-3,5-8,11,20H,4,9-10,12H2,1H3,(H,21,23). The maximum atomic E-state index is 12.5. The van der Waals surface area contributed by atoms with Crippen LogP contribution in [-0.4, -0.2) is 32.7 Å². The van der Waals surface area contributed by atoms with Gasteiger partial charge in [0.15, 0.2) is 0 Å². The summed E-state index contributed by atoms with van der Waals surface area (Å²) in [6.45, 7) is 2.00. The Balaban J connectivity index is 1.75. The van der Waals surface area contributed by atoms with Gasteiger partial charge in [-0.25, -0.2) is 0 Å². The van der Waals surface area contributed by atoms with Gasteiger partial charge in [-0.1, -0.05) is 23.7 Å². The Hall–Kier alpha value is -2.40. The van der Waals surface area contributed by atoms with E-state index in [1.165, 1.54) is 0 Å². The molecule has 2 aromatic rings. The fourth-order valence-electron chi connectivity index (χ4n) is 2.82. The number of ether oxygens (including phenoxy) is 1.